The molecule has 1 atom stereocenters. The second kappa shape index (κ2) is 9.36. The highest BCUT2D eigenvalue weighted by Crippen LogP contribution is 2.36. The maximum atomic E-state index is 11.9. The highest BCUT2D eigenvalue weighted by molar-refractivity contribution is 7.88. The van der Waals surface area contributed by atoms with Gasteiger partial charge in [-0.1, -0.05) is 12.1 Å². The number of likely N-dealkylation sites (tertiary alicyclic amines) is 1. The summed E-state index contributed by atoms with van der Waals surface area (Å²) in [4.78, 5) is 13.2. The molecule has 1 unspecified atom stereocenters. The molecule has 2 aliphatic heterocycles. The predicted octanol–water partition coefficient (Wildman–Crippen LogP) is 1.66. The summed E-state index contributed by atoms with van der Waals surface area (Å²) >= 11 is 1.64. The number of benzene rings is 1. The molecule has 2 aliphatic rings. The van der Waals surface area contributed by atoms with E-state index in [1.807, 2.05) is 18.2 Å². The molecule has 4 N–H and O–H groups in total. The number of hydrogen-bond donors (Lipinski definition) is 4. The number of hydrogen-bond acceptors (Lipinski definition) is 10. The Morgan fingerprint density at radius 3 is 3.00 bits per heavy atom. The van der Waals surface area contributed by atoms with Crippen molar-refractivity contribution in [3.05, 3.63) is 34.7 Å². The lowest BCUT2D eigenvalue weighted by atomic mass is 10.1. The number of thiophene rings is 1. The standard InChI is InChI=1S/C22H29N7O3S2/c1-28(34(2,31)32)14-6-8-29(12-14)13-15-10-19-20(33-15)22(23-7-9-30)26-21(25-19)16-4-3-5-18-17(16)11-24-27-18/h3-5,10,14,24,27,30H,6-9,11-13H2,1-2H3,(H,23,25,26). The Morgan fingerprint density at radius 1 is 1.35 bits per heavy atom. The highest BCUT2D eigenvalue weighted by atomic mass is 32.2. The van der Waals surface area contributed by atoms with Crippen molar-refractivity contribution in [3.63, 3.8) is 0 Å². The quantitative estimate of drug-likeness (QED) is 0.363. The van der Waals surface area contributed by atoms with Crippen LogP contribution in [0.25, 0.3) is 21.6 Å². The van der Waals surface area contributed by atoms with Gasteiger partial charge in [0.15, 0.2) is 5.82 Å². The predicted molar refractivity (Wildman–Crippen MR) is 135 cm³/mol. The molecule has 1 aromatic carbocycles. The number of fused-ring (bicyclic) bond motifs is 2. The summed E-state index contributed by atoms with van der Waals surface area (Å²) in [6, 6.07) is 8.14. The molecule has 10 nitrogen and oxygen atoms in total. The zero-order chi connectivity index (χ0) is 23.9. The first-order chi connectivity index (χ1) is 16.3. The van der Waals surface area contributed by atoms with Crippen molar-refractivity contribution in [2.75, 3.05) is 50.3 Å². The molecule has 0 amide bonds. The van der Waals surface area contributed by atoms with Crippen LogP contribution < -0.4 is 16.2 Å². The van der Waals surface area contributed by atoms with Crippen LogP contribution in [0.1, 0.15) is 16.9 Å². The molecule has 0 radical (unpaired) electrons. The Labute approximate surface area is 203 Å². The van der Waals surface area contributed by atoms with Crippen molar-refractivity contribution in [2.24, 2.45) is 0 Å². The van der Waals surface area contributed by atoms with E-state index in [2.05, 4.69) is 27.1 Å². The van der Waals surface area contributed by atoms with E-state index < -0.39 is 10.0 Å². The van der Waals surface area contributed by atoms with Crippen molar-refractivity contribution in [1.29, 1.82) is 0 Å². The van der Waals surface area contributed by atoms with Crippen LogP contribution >= 0.6 is 11.3 Å². The lowest BCUT2D eigenvalue weighted by Crippen LogP contribution is -2.38. The zero-order valence-electron chi connectivity index (χ0n) is 19.2. The molecule has 0 saturated carbocycles. The fourth-order valence-corrected chi connectivity index (χ4v) is 6.36. The molecule has 2 aromatic heterocycles. The Bertz CT molecular complexity index is 1310. The van der Waals surface area contributed by atoms with Crippen molar-refractivity contribution in [2.45, 2.75) is 25.6 Å². The average molecular weight is 504 g/mol. The topological polar surface area (TPSA) is 123 Å². The Hall–Kier alpha value is -2.35. The van der Waals surface area contributed by atoms with Crippen LogP contribution in [0.4, 0.5) is 11.5 Å². The van der Waals surface area contributed by atoms with Crippen molar-refractivity contribution >= 4 is 43.1 Å². The maximum Gasteiger partial charge on any atom is 0.211 e. The molecule has 5 rings (SSSR count). The number of likely N-dealkylation sites (N-methyl/N-ethyl adjacent to an activating group) is 1. The monoisotopic (exact) mass is 503 g/mol. The SMILES string of the molecule is CN(C1CCN(Cc2cc3nc(-c4cccc5c4CNN5)nc(NCCO)c3s2)C1)S(C)(=O)=O. The Balaban J connectivity index is 1.44. The van der Waals surface area contributed by atoms with Gasteiger partial charge in [0.25, 0.3) is 0 Å². The third-order valence-electron chi connectivity index (χ3n) is 6.40. The molecular weight excluding hydrogens is 474 g/mol. The first-order valence-electron chi connectivity index (χ1n) is 11.2. The van der Waals surface area contributed by atoms with E-state index in [4.69, 9.17) is 9.97 Å². The van der Waals surface area contributed by atoms with Gasteiger partial charge >= 0.3 is 0 Å². The summed E-state index contributed by atoms with van der Waals surface area (Å²) < 4.78 is 26.3. The number of hydrazine groups is 1. The molecule has 182 valence electrons. The summed E-state index contributed by atoms with van der Waals surface area (Å²) in [7, 11) is -1.54. The average Bonchev–Trinajstić information content (AvgIpc) is 3.55. The van der Waals surface area contributed by atoms with Crippen LogP contribution in [0.5, 0.6) is 0 Å². The van der Waals surface area contributed by atoms with Gasteiger partial charge in [0.05, 0.1) is 28.8 Å². The highest BCUT2D eigenvalue weighted by Gasteiger charge is 2.30. The molecule has 0 aliphatic carbocycles. The first-order valence-corrected chi connectivity index (χ1v) is 13.9. The van der Waals surface area contributed by atoms with Crippen molar-refractivity contribution < 1.29 is 13.5 Å². The van der Waals surface area contributed by atoms with Gasteiger partial charge in [-0.15, -0.1) is 11.3 Å². The largest absolute Gasteiger partial charge is 0.395 e. The normalized spacial score (nSPS) is 18.5. The fourth-order valence-electron chi connectivity index (χ4n) is 4.55. The summed E-state index contributed by atoms with van der Waals surface area (Å²) in [5.41, 5.74) is 10.3. The van der Waals surface area contributed by atoms with E-state index in [1.165, 1.54) is 10.6 Å². The number of aliphatic hydroxyl groups is 1. The van der Waals surface area contributed by atoms with Gasteiger partial charge in [-0.25, -0.2) is 28.1 Å². The molecule has 4 heterocycles. The van der Waals surface area contributed by atoms with Crippen LogP contribution in [0.3, 0.4) is 0 Å². The summed E-state index contributed by atoms with van der Waals surface area (Å²) in [5.74, 6) is 1.37. The number of aromatic nitrogens is 2. The number of aliphatic hydroxyl groups excluding tert-OH is 1. The van der Waals surface area contributed by atoms with Gasteiger partial charge in [-0.2, -0.15) is 0 Å². The molecular formula is C22H29N7O3S2. The van der Waals surface area contributed by atoms with Gasteiger partial charge in [0.2, 0.25) is 10.0 Å². The van der Waals surface area contributed by atoms with Gasteiger partial charge in [-0.3, -0.25) is 4.90 Å². The Morgan fingerprint density at radius 2 is 2.21 bits per heavy atom. The van der Waals surface area contributed by atoms with E-state index in [1.54, 1.807) is 18.4 Å². The van der Waals surface area contributed by atoms with Crippen molar-refractivity contribution in [3.8, 4) is 11.4 Å². The molecule has 0 spiro atoms. The van der Waals surface area contributed by atoms with Gasteiger partial charge in [0, 0.05) is 61.8 Å². The molecule has 1 saturated heterocycles. The summed E-state index contributed by atoms with van der Waals surface area (Å²) in [6.45, 7) is 3.40. The molecule has 34 heavy (non-hydrogen) atoms. The van der Waals surface area contributed by atoms with E-state index in [9.17, 15) is 13.5 Å². The lowest BCUT2D eigenvalue weighted by molar-refractivity contribution is 0.301. The van der Waals surface area contributed by atoms with Crippen LogP contribution in [0, 0.1) is 0 Å². The maximum absolute atomic E-state index is 11.9. The number of anilines is 2. The summed E-state index contributed by atoms with van der Waals surface area (Å²) in [5, 5.41) is 12.6. The fraction of sp³-hybridized carbons (Fsp3) is 0.455. The van der Waals surface area contributed by atoms with E-state index in [0.717, 1.165) is 57.2 Å². The second-order valence-electron chi connectivity index (χ2n) is 8.74. The lowest BCUT2D eigenvalue weighted by Gasteiger charge is -2.22. The smallest absolute Gasteiger partial charge is 0.211 e. The van der Waals surface area contributed by atoms with Crippen molar-refractivity contribution in [1.82, 2.24) is 24.6 Å². The van der Waals surface area contributed by atoms with Gasteiger partial charge < -0.3 is 15.8 Å². The third-order valence-corrected chi connectivity index (χ3v) is 8.86. The van der Waals surface area contributed by atoms with E-state index >= 15 is 0 Å². The molecule has 3 aromatic rings. The van der Waals surface area contributed by atoms with Crippen LogP contribution in [-0.4, -0.2) is 78.3 Å². The van der Waals surface area contributed by atoms with Crippen LogP contribution in [0.15, 0.2) is 24.3 Å². The van der Waals surface area contributed by atoms with Crippen LogP contribution in [-0.2, 0) is 23.1 Å². The third kappa shape index (κ3) is 4.61. The first kappa shape index (κ1) is 23.4. The number of nitrogens with one attached hydrogen (secondary N) is 3. The van der Waals surface area contributed by atoms with Gasteiger partial charge in [-0.05, 0) is 18.6 Å². The number of sulfonamides is 1. The Kier molecular flexibility index (Phi) is 6.44. The number of nitrogens with zero attached hydrogens (tertiary/aromatic N) is 4. The zero-order valence-corrected chi connectivity index (χ0v) is 20.8. The molecule has 0 bridgehead atoms. The second-order valence-corrected chi connectivity index (χ2v) is 11.9. The minimum atomic E-state index is -3.20. The molecule has 1 fully saturated rings. The minimum Gasteiger partial charge on any atom is -0.395 e. The van der Waals surface area contributed by atoms with Gasteiger partial charge in [0.1, 0.15) is 5.82 Å². The van der Waals surface area contributed by atoms with Crippen LogP contribution in [0.2, 0.25) is 0 Å². The minimum absolute atomic E-state index is 0.0000471. The number of rotatable bonds is 8. The van der Waals surface area contributed by atoms with E-state index in [-0.39, 0.29) is 12.6 Å². The van der Waals surface area contributed by atoms with E-state index in [0.29, 0.717) is 25.5 Å². The summed E-state index contributed by atoms with van der Waals surface area (Å²) in [6.07, 6.45) is 2.08. The molecule has 12 heteroatoms.